The maximum absolute atomic E-state index is 12.2. The van der Waals surface area contributed by atoms with Crippen LogP contribution in [-0.4, -0.2) is 26.7 Å². The molecule has 0 saturated carbocycles. The van der Waals surface area contributed by atoms with Crippen molar-refractivity contribution in [1.82, 2.24) is 5.32 Å². The molecule has 0 aliphatic heterocycles. The van der Waals surface area contributed by atoms with Crippen LogP contribution in [0, 0.1) is 13.8 Å². The van der Waals surface area contributed by atoms with Gasteiger partial charge in [0.2, 0.25) is 5.91 Å². The number of amides is 1. The van der Waals surface area contributed by atoms with Crippen LogP contribution in [0.5, 0.6) is 11.5 Å². The maximum atomic E-state index is 12.2. The predicted octanol–water partition coefficient (Wildman–Crippen LogP) is 3.98. The van der Waals surface area contributed by atoms with Gasteiger partial charge in [0.1, 0.15) is 0 Å². The van der Waals surface area contributed by atoms with Crippen LogP contribution in [0.4, 0.5) is 0 Å². The number of methoxy groups -OCH3 is 2. The van der Waals surface area contributed by atoms with Gasteiger partial charge in [0.05, 0.1) is 20.6 Å². The second-order valence-electron chi connectivity index (χ2n) is 5.91. The molecule has 0 aromatic heterocycles. The molecule has 0 aliphatic rings. The second kappa shape index (κ2) is 8.90. The highest BCUT2D eigenvalue weighted by molar-refractivity contribution is 9.10. The first kappa shape index (κ1) is 19.3. The third-order valence-corrected chi connectivity index (χ3v) is 5.39. The molecule has 4 nitrogen and oxygen atoms in total. The van der Waals surface area contributed by atoms with Gasteiger partial charge in [0.15, 0.2) is 11.5 Å². The van der Waals surface area contributed by atoms with Crippen LogP contribution in [0.1, 0.15) is 22.3 Å². The first-order valence-electron chi connectivity index (χ1n) is 8.19. The quantitative estimate of drug-likeness (QED) is 0.757. The third kappa shape index (κ3) is 4.75. The van der Waals surface area contributed by atoms with Gasteiger partial charge < -0.3 is 14.8 Å². The number of para-hydroxylation sites is 1. The molecule has 25 heavy (non-hydrogen) atoms. The number of carbonyl (C=O) groups excluding carboxylic acids is 1. The molecule has 2 rings (SSSR count). The van der Waals surface area contributed by atoms with E-state index >= 15 is 0 Å². The van der Waals surface area contributed by atoms with E-state index in [0.29, 0.717) is 25.1 Å². The molecule has 0 unspecified atom stereocenters. The monoisotopic (exact) mass is 405 g/mol. The molecule has 0 aliphatic carbocycles. The molecular weight excluding hydrogens is 382 g/mol. The molecule has 0 radical (unpaired) electrons. The Kier molecular flexibility index (Phi) is 6.88. The molecule has 0 heterocycles. The lowest BCUT2D eigenvalue weighted by Gasteiger charge is -2.13. The molecule has 5 heteroatoms. The smallest absolute Gasteiger partial charge is 0.224 e. The van der Waals surface area contributed by atoms with Crippen molar-refractivity contribution in [3.63, 3.8) is 0 Å². The molecule has 0 atom stereocenters. The molecule has 2 aromatic rings. The minimum Gasteiger partial charge on any atom is -0.493 e. The summed E-state index contributed by atoms with van der Waals surface area (Å²) in [4.78, 5) is 12.2. The van der Waals surface area contributed by atoms with Crippen molar-refractivity contribution < 1.29 is 14.3 Å². The summed E-state index contributed by atoms with van der Waals surface area (Å²) >= 11 is 3.59. The number of rotatable bonds is 7. The summed E-state index contributed by atoms with van der Waals surface area (Å²) in [5.74, 6) is 1.42. The number of benzene rings is 2. The van der Waals surface area contributed by atoms with Crippen molar-refractivity contribution in [1.29, 1.82) is 0 Å². The molecule has 134 valence electrons. The lowest BCUT2D eigenvalue weighted by molar-refractivity contribution is -0.120. The largest absolute Gasteiger partial charge is 0.493 e. The number of halogens is 1. The van der Waals surface area contributed by atoms with Gasteiger partial charge in [-0.15, -0.1) is 0 Å². The van der Waals surface area contributed by atoms with Crippen LogP contribution < -0.4 is 14.8 Å². The van der Waals surface area contributed by atoms with Crippen LogP contribution in [0.25, 0.3) is 0 Å². The normalized spacial score (nSPS) is 10.4. The van der Waals surface area contributed by atoms with Gasteiger partial charge in [-0.05, 0) is 48.6 Å². The lowest BCUT2D eigenvalue weighted by atomic mass is 10.0. The first-order valence-corrected chi connectivity index (χ1v) is 8.98. The van der Waals surface area contributed by atoms with Crippen LogP contribution in [0.2, 0.25) is 0 Å². The minimum atomic E-state index is 0.00539. The van der Waals surface area contributed by atoms with E-state index in [0.717, 1.165) is 21.3 Å². The number of aryl methyl sites for hydroxylation is 1. The fourth-order valence-corrected chi connectivity index (χ4v) is 3.28. The van der Waals surface area contributed by atoms with Crippen LogP contribution in [0.3, 0.4) is 0 Å². The average molecular weight is 406 g/mol. The zero-order valence-corrected chi connectivity index (χ0v) is 16.7. The number of carbonyl (C=O) groups is 1. The zero-order chi connectivity index (χ0) is 18.4. The van der Waals surface area contributed by atoms with Crippen LogP contribution in [0.15, 0.2) is 34.8 Å². The maximum Gasteiger partial charge on any atom is 0.224 e. The Hall–Kier alpha value is -2.01. The molecule has 1 N–H and O–H groups in total. The zero-order valence-electron chi connectivity index (χ0n) is 15.1. The molecule has 1 amide bonds. The predicted molar refractivity (Wildman–Crippen MR) is 104 cm³/mol. The standard InChI is InChI=1S/C20H24BrNO3/c1-13-8-9-16(19(21)14(13)2)12-18(23)22-11-10-15-6-5-7-17(24-3)20(15)25-4/h5-9H,10-12H2,1-4H3,(H,22,23). The Morgan fingerprint density at radius 3 is 2.52 bits per heavy atom. The van der Waals surface area contributed by atoms with E-state index in [4.69, 9.17) is 9.47 Å². The first-order chi connectivity index (χ1) is 12.0. The number of hydrogen-bond donors (Lipinski definition) is 1. The van der Waals surface area contributed by atoms with E-state index in [-0.39, 0.29) is 5.91 Å². The fraction of sp³-hybridized carbons (Fsp3) is 0.350. The summed E-state index contributed by atoms with van der Waals surface area (Å²) in [6.07, 6.45) is 1.04. The Bertz CT molecular complexity index is 759. The van der Waals surface area contributed by atoms with Gasteiger partial charge in [0, 0.05) is 11.0 Å². The number of hydrogen-bond acceptors (Lipinski definition) is 3. The van der Waals surface area contributed by atoms with Crippen molar-refractivity contribution in [2.24, 2.45) is 0 Å². The topological polar surface area (TPSA) is 47.6 Å². The highest BCUT2D eigenvalue weighted by Crippen LogP contribution is 2.30. The van der Waals surface area contributed by atoms with Crippen molar-refractivity contribution in [3.8, 4) is 11.5 Å². The van der Waals surface area contributed by atoms with Crippen molar-refractivity contribution in [3.05, 3.63) is 57.1 Å². The number of ether oxygens (including phenoxy) is 2. The van der Waals surface area contributed by atoms with Gasteiger partial charge in [-0.25, -0.2) is 0 Å². The van der Waals surface area contributed by atoms with Gasteiger partial charge in [-0.1, -0.05) is 40.2 Å². The van der Waals surface area contributed by atoms with E-state index < -0.39 is 0 Å². The van der Waals surface area contributed by atoms with Crippen molar-refractivity contribution in [2.75, 3.05) is 20.8 Å². The SMILES string of the molecule is COc1cccc(CCNC(=O)Cc2ccc(C)c(C)c2Br)c1OC. The Morgan fingerprint density at radius 1 is 1.08 bits per heavy atom. The van der Waals surface area contributed by atoms with Gasteiger partial charge in [0.25, 0.3) is 0 Å². The summed E-state index contributed by atoms with van der Waals surface area (Å²) in [5.41, 5.74) is 4.39. The van der Waals surface area contributed by atoms with E-state index in [1.54, 1.807) is 14.2 Å². The summed E-state index contributed by atoms with van der Waals surface area (Å²) in [5, 5.41) is 2.97. The fourth-order valence-electron chi connectivity index (χ4n) is 2.70. The van der Waals surface area contributed by atoms with Crippen molar-refractivity contribution >= 4 is 21.8 Å². The molecule has 0 bridgehead atoms. The van der Waals surface area contributed by atoms with E-state index in [1.165, 1.54) is 11.1 Å². The van der Waals surface area contributed by atoms with Gasteiger partial charge in [-0.2, -0.15) is 0 Å². The molecule has 2 aromatic carbocycles. The molecule has 0 saturated heterocycles. The molecule has 0 fully saturated rings. The average Bonchev–Trinajstić information content (AvgIpc) is 2.62. The lowest BCUT2D eigenvalue weighted by Crippen LogP contribution is -2.27. The summed E-state index contributed by atoms with van der Waals surface area (Å²) in [7, 11) is 3.24. The Balaban J connectivity index is 1.95. The van der Waals surface area contributed by atoms with Gasteiger partial charge in [-0.3, -0.25) is 4.79 Å². The summed E-state index contributed by atoms with van der Waals surface area (Å²) < 4.78 is 11.7. The Morgan fingerprint density at radius 2 is 1.84 bits per heavy atom. The number of nitrogens with one attached hydrogen (secondary N) is 1. The van der Waals surface area contributed by atoms with Gasteiger partial charge >= 0.3 is 0 Å². The highest BCUT2D eigenvalue weighted by Gasteiger charge is 2.12. The molecule has 0 spiro atoms. The van der Waals surface area contributed by atoms with Crippen LogP contribution >= 0.6 is 15.9 Å². The van der Waals surface area contributed by atoms with Crippen LogP contribution in [-0.2, 0) is 17.6 Å². The van der Waals surface area contributed by atoms with E-state index in [2.05, 4.69) is 35.1 Å². The van der Waals surface area contributed by atoms with E-state index in [1.807, 2.05) is 30.3 Å². The molecular formula is C20H24BrNO3. The third-order valence-electron chi connectivity index (χ3n) is 4.29. The minimum absolute atomic E-state index is 0.00539. The van der Waals surface area contributed by atoms with E-state index in [9.17, 15) is 4.79 Å². The second-order valence-corrected chi connectivity index (χ2v) is 6.70. The van der Waals surface area contributed by atoms with Crippen molar-refractivity contribution in [2.45, 2.75) is 26.7 Å². The highest BCUT2D eigenvalue weighted by atomic mass is 79.9. The summed E-state index contributed by atoms with van der Waals surface area (Å²) in [6, 6.07) is 9.80. The Labute approximate surface area is 157 Å². The summed E-state index contributed by atoms with van der Waals surface area (Å²) in [6.45, 7) is 4.66.